The zero-order chi connectivity index (χ0) is 15.2. The molecule has 110 valence electrons. The molecule has 4 nitrogen and oxygen atoms in total. The van der Waals surface area contributed by atoms with Gasteiger partial charge in [0.1, 0.15) is 4.21 Å². The number of hydrogen-bond donors (Lipinski definition) is 0. The third-order valence-corrected chi connectivity index (χ3v) is 7.44. The van der Waals surface area contributed by atoms with E-state index in [4.69, 9.17) is 11.6 Å². The molecule has 0 spiro atoms. The van der Waals surface area contributed by atoms with Gasteiger partial charge in [0.25, 0.3) is 10.0 Å². The summed E-state index contributed by atoms with van der Waals surface area (Å²) in [6, 6.07) is 8.79. The monoisotopic (exact) mass is 422 g/mol. The predicted molar refractivity (Wildman–Crippen MR) is 90.6 cm³/mol. The smallest absolute Gasteiger partial charge is 0.294 e. The van der Waals surface area contributed by atoms with E-state index in [2.05, 4.69) is 20.3 Å². The second-order valence-corrected chi connectivity index (χ2v) is 9.65. The number of aryl methyl sites for hydroxylation is 1. The lowest BCUT2D eigenvalue weighted by Crippen LogP contribution is -2.13. The number of thiazole rings is 1. The Morgan fingerprint density at radius 1 is 1.24 bits per heavy atom. The van der Waals surface area contributed by atoms with Gasteiger partial charge in [0.15, 0.2) is 0 Å². The highest BCUT2D eigenvalue weighted by Crippen LogP contribution is 2.27. The molecule has 0 aliphatic carbocycles. The summed E-state index contributed by atoms with van der Waals surface area (Å²) in [6.07, 6.45) is 0. The van der Waals surface area contributed by atoms with Crippen molar-refractivity contribution in [1.82, 2.24) is 4.57 Å². The van der Waals surface area contributed by atoms with Crippen LogP contribution in [0.25, 0.3) is 10.2 Å². The highest BCUT2D eigenvalue weighted by atomic mass is 79.9. The third kappa shape index (κ3) is 2.95. The molecule has 2 heterocycles. The van der Waals surface area contributed by atoms with Crippen LogP contribution in [0.15, 0.2) is 43.4 Å². The molecule has 0 radical (unpaired) electrons. The molecule has 0 N–H and O–H groups in total. The molecule has 0 aliphatic heterocycles. The van der Waals surface area contributed by atoms with E-state index in [0.29, 0.717) is 9.14 Å². The number of benzene rings is 1. The molecule has 0 aliphatic rings. The Labute approximate surface area is 142 Å². The van der Waals surface area contributed by atoms with Crippen LogP contribution in [0.1, 0.15) is 0 Å². The lowest BCUT2D eigenvalue weighted by molar-refractivity contribution is 0.598. The Balaban J connectivity index is 2.22. The Hall–Kier alpha value is -0.670. The van der Waals surface area contributed by atoms with Crippen molar-refractivity contribution in [2.24, 2.45) is 11.4 Å². The second-order valence-electron chi connectivity index (χ2n) is 4.18. The van der Waals surface area contributed by atoms with Crippen LogP contribution >= 0.6 is 50.2 Å². The van der Waals surface area contributed by atoms with Gasteiger partial charge in [0.2, 0.25) is 4.80 Å². The molecule has 9 heteroatoms. The van der Waals surface area contributed by atoms with E-state index >= 15 is 0 Å². The summed E-state index contributed by atoms with van der Waals surface area (Å²) in [6.45, 7) is 0. The Morgan fingerprint density at radius 2 is 2.00 bits per heavy atom. The molecule has 3 aromatic rings. The number of fused-ring (bicyclic) bond motifs is 1. The summed E-state index contributed by atoms with van der Waals surface area (Å²) in [7, 11) is -1.94. The molecule has 0 atom stereocenters. The summed E-state index contributed by atoms with van der Waals surface area (Å²) >= 11 is 11.5. The van der Waals surface area contributed by atoms with E-state index < -0.39 is 10.0 Å². The second kappa shape index (κ2) is 5.51. The molecule has 0 amide bonds. The highest BCUT2D eigenvalue weighted by Gasteiger charge is 2.16. The third-order valence-electron chi connectivity index (χ3n) is 2.77. The predicted octanol–water partition coefficient (Wildman–Crippen LogP) is 4.01. The number of rotatable bonds is 2. The molecule has 3 rings (SSSR count). The van der Waals surface area contributed by atoms with E-state index in [0.717, 1.165) is 26.0 Å². The van der Waals surface area contributed by atoms with E-state index in [1.807, 2.05) is 18.2 Å². The zero-order valence-corrected chi connectivity index (χ0v) is 15.4. The molecule has 1 aromatic carbocycles. The lowest BCUT2D eigenvalue weighted by atomic mass is 10.3. The number of hydrogen-bond acceptors (Lipinski definition) is 4. The van der Waals surface area contributed by atoms with E-state index in [1.165, 1.54) is 17.4 Å². The molecule has 21 heavy (non-hydrogen) atoms. The fourth-order valence-corrected chi connectivity index (χ4v) is 6.04. The average Bonchev–Trinajstić information content (AvgIpc) is 2.95. The molecular weight excluding hydrogens is 416 g/mol. The van der Waals surface area contributed by atoms with Crippen LogP contribution in [0.5, 0.6) is 0 Å². The maximum absolute atomic E-state index is 12.3. The van der Waals surface area contributed by atoms with Crippen molar-refractivity contribution in [3.8, 4) is 0 Å². The van der Waals surface area contributed by atoms with Gasteiger partial charge < -0.3 is 4.57 Å². The van der Waals surface area contributed by atoms with Gasteiger partial charge in [-0.15, -0.1) is 15.7 Å². The first-order valence-corrected chi connectivity index (χ1v) is 9.93. The van der Waals surface area contributed by atoms with Gasteiger partial charge >= 0.3 is 0 Å². The fraction of sp³-hybridized carbons (Fsp3) is 0.0833. The Bertz CT molecular complexity index is 1000. The van der Waals surface area contributed by atoms with Crippen molar-refractivity contribution in [3.63, 3.8) is 0 Å². The molecule has 0 saturated heterocycles. The topological polar surface area (TPSA) is 51.4 Å². The zero-order valence-electron chi connectivity index (χ0n) is 10.6. The van der Waals surface area contributed by atoms with Gasteiger partial charge in [-0.3, -0.25) is 0 Å². The van der Waals surface area contributed by atoms with Gasteiger partial charge in [0, 0.05) is 11.5 Å². The van der Waals surface area contributed by atoms with Crippen molar-refractivity contribution >= 4 is 70.4 Å². The van der Waals surface area contributed by atoms with E-state index in [9.17, 15) is 8.42 Å². The van der Waals surface area contributed by atoms with Crippen molar-refractivity contribution in [3.05, 3.63) is 43.9 Å². The summed E-state index contributed by atoms with van der Waals surface area (Å²) in [5, 5.41) is 0. The van der Waals surface area contributed by atoms with Gasteiger partial charge in [-0.2, -0.15) is 8.42 Å². The maximum atomic E-state index is 12.3. The minimum atomic E-state index is -3.74. The SMILES string of the molecule is Cn1/c(=N/S(=O)(=O)c2ccc(Cl)s2)sc2cc(Br)ccc21. The summed E-state index contributed by atoms with van der Waals surface area (Å²) in [4.78, 5) is 0.424. The van der Waals surface area contributed by atoms with Crippen LogP contribution in [0.4, 0.5) is 0 Å². The normalized spacial score (nSPS) is 13.2. The first kappa shape index (κ1) is 15.2. The molecule has 0 saturated carbocycles. The highest BCUT2D eigenvalue weighted by molar-refractivity contribution is 9.10. The quantitative estimate of drug-likeness (QED) is 0.625. The molecule has 0 bridgehead atoms. The van der Waals surface area contributed by atoms with Crippen molar-refractivity contribution in [2.75, 3.05) is 0 Å². The van der Waals surface area contributed by atoms with Crippen molar-refractivity contribution in [1.29, 1.82) is 0 Å². The lowest BCUT2D eigenvalue weighted by Gasteiger charge is -1.96. The fourth-order valence-electron chi connectivity index (χ4n) is 1.78. The molecule has 0 fully saturated rings. The minimum Gasteiger partial charge on any atom is -0.319 e. The molecule has 0 unspecified atom stereocenters. The summed E-state index contributed by atoms with van der Waals surface area (Å²) in [5.41, 5.74) is 0.932. The molecular formula is C12H8BrClN2O2S3. The van der Waals surface area contributed by atoms with Crippen LogP contribution in [0.2, 0.25) is 4.34 Å². The van der Waals surface area contributed by atoms with Crippen molar-refractivity contribution in [2.45, 2.75) is 4.21 Å². The number of sulfonamides is 1. The van der Waals surface area contributed by atoms with Crippen LogP contribution in [0.3, 0.4) is 0 Å². The maximum Gasteiger partial charge on any atom is 0.294 e. The minimum absolute atomic E-state index is 0.145. The van der Waals surface area contributed by atoms with Crippen LogP contribution in [-0.4, -0.2) is 13.0 Å². The van der Waals surface area contributed by atoms with Gasteiger partial charge in [-0.05, 0) is 30.3 Å². The van der Waals surface area contributed by atoms with Crippen molar-refractivity contribution < 1.29 is 8.42 Å². The number of nitrogens with zero attached hydrogens (tertiary/aromatic N) is 2. The Kier molecular flexibility index (Phi) is 4.00. The number of thiophene rings is 1. The Morgan fingerprint density at radius 3 is 2.67 bits per heavy atom. The van der Waals surface area contributed by atoms with Crippen LogP contribution in [0, 0.1) is 0 Å². The van der Waals surface area contributed by atoms with E-state index in [1.54, 1.807) is 17.7 Å². The summed E-state index contributed by atoms with van der Waals surface area (Å²) in [5.74, 6) is 0. The first-order chi connectivity index (χ1) is 9.87. The van der Waals surface area contributed by atoms with Gasteiger partial charge in [-0.25, -0.2) is 0 Å². The first-order valence-electron chi connectivity index (χ1n) is 5.68. The van der Waals surface area contributed by atoms with Gasteiger partial charge in [0.05, 0.1) is 14.6 Å². The van der Waals surface area contributed by atoms with Gasteiger partial charge in [-0.1, -0.05) is 38.9 Å². The van der Waals surface area contributed by atoms with Crippen LogP contribution < -0.4 is 4.80 Å². The van der Waals surface area contributed by atoms with Crippen LogP contribution in [-0.2, 0) is 17.1 Å². The summed E-state index contributed by atoms with van der Waals surface area (Å²) < 4.78 is 32.7. The largest absolute Gasteiger partial charge is 0.319 e. The number of halogens is 2. The molecule has 2 aromatic heterocycles. The average molecular weight is 424 g/mol. The standard InChI is InChI=1S/C12H8BrClN2O2S3/c1-16-8-3-2-7(13)6-9(8)19-12(16)15-21(17,18)11-5-4-10(14)20-11/h2-6H,1H3/b15-12-. The van der Waals surface area contributed by atoms with E-state index in [-0.39, 0.29) is 4.21 Å². The number of aromatic nitrogens is 1.